The Labute approximate surface area is 167 Å². The number of hydrogen-bond donors (Lipinski definition) is 1. The van der Waals surface area contributed by atoms with Crippen LogP contribution in [-0.4, -0.2) is 0 Å². The topological polar surface area (TPSA) is 26.0 Å². The quantitative estimate of drug-likeness (QED) is 0.494. The number of halogens is 5. The van der Waals surface area contributed by atoms with Crippen molar-refractivity contribution < 1.29 is 22.0 Å². The first kappa shape index (κ1) is 22.6. The van der Waals surface area contributed by atoms with Crippen molar-refractivity contribution in [2.45, 2.75) is 32.0 Å². The first-order valence-corrected chi connectivity index (χ1v) is 9.15. The molecule has 29 heavy (non-hydrogen) atoms. The molecule has 3 aromatic carbocycles. The molecule has 0 amide bonds. The van der Waals surface area contributed by atoms with Gasteiger partial charge in [-0.3, -0.25) is 0 Å². The highest BCUT2D eigenvalue weighted by atomic mass is 19.4. The molecule has 0 saturated heterocycles. The Morgan fingerprint density at radius 2 is 1.24 bits per heavy atom. The molecule has 3 rings (SSSR count). The van der Waals surface area contributed by atoms with E-state index in [9.17, 15) is 22.0 Å². The minimum atomic E-state index is -4.71. The van der Waals surface area contributed by atoms with Gasteiger partial charge in [0.05, 0.1) is 11.1 Å². The van der Waals surface area contributed by atoms with Crippen LogP contribution < -0.4 is 5.73 Å². The summed E-state index contributed by atoms with van der Waals surface area (Å²) in [5, 5.41) is 0. The van der Waals surface area contributed by atoms with Gasteiger partial charge in [0.15, 0.2) is 0 Å². The number of benzene rings is 3. The molecule has 0 aromatic heterocycles. The number of nitrogens with two attached hydrogens (primary N) is 1. The largest absolute Gasteiger partial charge is 0.416 e. The van der Waals surface area contributed by atoms with Crippen molar-refractivity contribution in [3.8, 4) is 0 Å². The lowest BCUT2D eigenvalue weighted by Crippen LogP contribution is -2.40. The summed E-state index contributed by atoms with van der Waals surface area (Å²) in [4.78, 5) is 0. The van der Waals surface area contributed by atoms with Crippen molar-refractivity contribution in [2.75, 3.05) is 0 Å². The Morgan fingerprint density at radius 1 is 0.690 bits per heavy atom. The van der Waals surface area contributed by atoms with E-state index in [1.54, 1.807) is 30.3 Å². The molecule has 1 nitrogen and oxygen atoms in total. The van der Waals surface area contributed by atoms with Crippen LogP contribution in [0.1, 0.15) is 36.1 Å². The smallest absolute Gasteiger partial charge is 0.317 e. The van der Waals surface area contributed by atoms with E-state index < -0.39 is 28.9 Å². The van der Waals surface area contributed by atoms with E-state index in [2.05, 4.69) is 0 Å². The fourth-order valence-electron chi connectivity index (χ4n) is 3.05. The van der Waals surface area contributed by atoms with Gasteiger partial charge >= 0.3 is 6.18 Å². The summed E-state index contributed by atoms with van der Waals surface area (Å²) in [6, 6.07) is 16.3. The lowest BCUT2D eigenvalue weighted by atomic mass is 9.78. The average molecular weight is 407 g/mol. The predicted molar refractivity (Wildman–Crippen MR) is 104 cm³/mol. The summed E-state index contributed by atoms with van der Waals surface area (Å²) in [6.07, 6.45) is -4.60. The molecule has 6 heteroatoms. The maximum Gasteiger partial charge on any atom is 0.416 e. The lowest BCUT2D eigenvalue weighted by molar-refractivity contribution is -0.137. The minimum absolute atomic E-state index is 0.0368. The van der Waals surface area contributed by atoms with Crippen molar-refractivity contribution in [1.82, 2.24) is 0 Å². The summed E-state index contributed by atoms with van der Waals surface area (Å²) in [7, 11) is 0. The van der Waals surface area contributed by atoms with Gasteiger partial charge in [-0.15, -0.1) is 0 Å². The molecule has 0 unspecified atom stereocenters. The highest BCUT2D eigenvalue weighted by molar-refractivity contribution is 5.43. The van der Waals surface area contributed by atoms with Crippen molar-refractivity contribution >= 4 is 0 Å². The van der Waals surface area contributed by atoms with Gasteiger partial charge in [-0.2, -0.15) is 13.2 Å². The van der Waals surface area contributed by atoms with Crippen molar-refractivity contribution in [3.63, 3.8) is 0 Å². The van der Waals surface area contributed by atoms with Crippen LogP contribution in [-0.2, 0) is 18.1 Å². The van der Waals surface area contributed by atoms with Crippen molar-refractivity contribution in [1.29, 1.82) is 0 Å². The van der Waals surface area contributed by atoms with Crippen LogP contribution in [0.15, 0.2) is 72.8 Å². The van der Waals surface area contributed by atoms with E-state index in [0.29, 0.717) is 11.6 Å². The molecule has 1 atom stereocenters. The van der Waals surface area contributed by atoms with E-state index in [-0.39, 0.29) is 12.0 Å². The van der Waals surface area contributed by atoms with Crippen LogP contribution in [0.5, 0.6) is 0 Å². The van der Waals surface area contributed by atoms with E-state index in [1.807, 2.05) is 13.8 Å². The molecule has 0 fully saturated rings. The molecule has 0 aliphatic heterocycles. The third kappa shape index (κ3) is 5.41. The molecule has 0 bridgehead atoms. The monoisotopic (exact) mass is 407 g/mol. The highest BCUT2D eigenvalue weighted by Crippen LogP contribution is 2.36. The third-order valence-corrected chi connectivity index (χ3v) is 4.43. The van der Waals surface area contributed by atoms with Gasteiger partial charge in [0.1, 0.15) is 11.6 Å². The SMILES string of the molecule is CC.N[C@](Cc1ccccc1)(c1ccc(F)cc1)c1cc(F)cc(C(F)(F)F)c1. The highest BCUT2D eigenvalue weighted by Gasteiger charge is 2.36. The molecule has 0 aliphatic rings. The van der Waals surface area contributed by atoms with Gasteiger partial charge in [0.2, 0.25) is 0 Å². The van der Waals surface area contributed by atoms with E-state index >= 15 is 0 Å². The van der Waals surface area contributed by atoms with Crippen LogP contribution in [0.4, 0.5) is 22.0 Å². The summed E-state index contributed by atoms with van der Waals surface area (Å²) in [5.74, 6) is -1.54. The molecule has 154 valence electrons. The first-order chi connectivity index (χ1) is 13.7. The minimum Gasteiger partial charge on any atom is -0.317 e. The zero-order valence-electron chi connectivity index (χ0n) is 16.1. The van der Waals surface area contributed by atoms with Gasteiger partial charge in [0.25, 0.3) is 0 Å². The summed E-state index contributed by atoms with van der Waals surface area (Å²) >= 11 is 0. The average Bonchev–Trinajstić information content (AvgIpc) is 2.69. The molecule has 0 aliphatic carbocycles. The number of alkyl halides is 3. The van der Waals surface area contributed by atoms with E-state index in [0.717, 1.165) is 17.7 Å². The van der Waals surface area contributed by atoms with Gasteiger partial charge in [-0.05, 0) is 53.4 Å². The Kier molecular flexibility index (Phi) is 7.14. The molecule has 2 N–H and O–H groups in total. The van der Waals surface area contributed by atoms with Crippen molar-refractivity contribution in [3.05, 3.63) is 107 Å². The Balaban J connectivity index is 0.00000145. The molecule has 0 saturated carbocycles. The second-order valence-electron chi connectivity index (χ2n) is 6.37. The van der Waals surface area contributed by atoms with Crippen molar-refractivity contribution in [2.24, 2.45) is 5.73 Å². The zero-order valence-corrected chi connectivity index (χ0v) is 16.1. The summed E-state index contributed by atoms with van der Waals surface area (Å²) < 4.78 is 66.8. The lowest BCUT2D eigenvalue weighted by Gasteiger charge is -2.32. The predicted octanol–water partition coefficient (Wildman–Crippen LogP) is 6.45. The molecule has 0 radical (unpaired) electrons. The standard InChI is InChI=1S/C21H16F5N.C2H6/c22-18-8-6-15(7-9-18)20(27,13-14-4-2-1-3-5-14)16-10-17(21(24,25)26)12-19(23)11-16;1-2/h1-12H,13,27H2;1-2H3/t20-;/m1./s1. The maximum atomic E-state index is 14.0. The normalized spacial score (nSPS) is 13.2. The summed E-state index contributed by atoms with van der Waals surface area (Å²) in [6.45, 7) is 4.00. The number of hydrogen-bond acceptors (Lipinski definition) is 1. The van der Waals surface area contributed by atoms with Gasteiger partial charge < -0.3 is 5.73 Å². The zero-order chi connectivity index (χ0) is 21.7. The van der Waals surface area contributed by atoms with Crippen LogP contribution in [0, 0.1) is 11.6 Å². The number of rotatable bonds is 4. The Morgan fingerprint density at radius 3 is 1.79 bits per heavy atom. The summed E-state index contributed by atoms with van der Waals surface area (Å²) in [5.41, 5.74) is 5.05. The van der Waals surface area contributed by atoms with E-state index in [1.165, 1.54) is 24.3 Å². The fourth-order valence-corrected chi connectivity index (χ4v) is 3.05. The molecule has 0 spiro atoms. The second-order valence-corrected chi connectivity index (χ2v) is 6.37. The molecule has 3 aromatic rings. The van der Waals surface area contributed by atoms with Gasteiger partial charge in [-0.1, -0.05) is 56.3 Å². The van der Waals surface area contributed by atoms with Crippen LogP contribution in [0.2, 0.25) is 0 Å². The van der Waals surface area contributed by atoms with E-state index in [4.69, 9.17) is 5.73 Å². The molecular formula is C23H22F5N. The fraction of sp³-hybridized carbons (Fsp3) is 0.217. The Hall–Kier alpha value is -2.73. The third-order valence-electron chi connectivity index (χ3n) is 4.43. The second kappa shape index (κ2) is 9.18. The first-order valence-electron chi connectivity index (χ1n) is 9.15. The van der Waals surface area contributed by atoms with Crippen LogP contribution >= 0.6 is 0 Å². The maximum absolute atomic E-state index is 14.0. The molecule has 0 heterocycles. The van der Waals surface area contributed by atoms with Crippen LogP contribution in [0.25, 0.3) is 0 Å². The van der Waals surface area contributed by atoms with Gasteiger partial charge in [-0.25, -0.2) is 8.78 Å². The molecular weight excluding hydrogens is 385 g/mol. The Bertz CT molecular complexity index is 920. The van der Waals surface area contributed by atoms with Gasteiger partial charge in [0, 0.05) is 0 Å². The van der Waals surface area contributed by atoms with Crippen LogP contribution in [0.3, 0.4) is 0 Å².